The fourth-order valence-electron chi connectivity index (χ4n) is 2.33. The molecule has 5 nitrogen and oxygen atoms in total. The number of aryl methyl sites for hydroxylation is 3. The summed E-state index contributed by atoms with van der Waals surface area (Å²) in [5.74, 6) is 0.0418. The van der Waals surface area contributed by atoms with Gasteiger partial charge in [-0.3, -0.25) is 9.48 Å². The fraction of sp³-hybridized carbons (Fsp3) is 0.500. The van der Waals surface area contributed by atoms with Crippen LogP contribution in [-0.4, -0.2) is 38.7 Å². The summed E-state index contributed by atoms with van der Waals surface area (Å²) >= 11 is 0. The van der Waals surface area contributed by atoms with Gasteiger partial charge in [0.25, 0.3) is 5.91 Å². The molecule has 102 valence electrons. The van der Waals surface area contributed by atoms with Crippen molar-refractivity contribution in [3.63, 3.8) is 0 Å². The van der Waals surface area contributed by atoms with Gasteiger partial charge < -0.3 is 4.90 Å². The Morgan fingerprint density at radius 3 is 2.47 bits per heavy atom. The van der Waals surface area contributed by atoms with Gasteiger partial charge in [-0.1, -0.05) is 0 Å². The van der Waals surface area contributed by atoms with Crippen LogP contribution in [0.15, 0.2) is 6.07 Å². The number of rotatable bonds is 3. The topological polar surface area (TPSA) is 51.0 Å². The average molecular weight is 260 g/mol. The molecule has 0 aromatic carbocycles. The third kappa shape index (κ3) is 2.20. The number of aromatic nitrogens is 3. The molecule has 1 amide bonds. The van der Waals surface area contributed by atoms with Crippen molar-refractivity contribution in [1.29, 1.82) is 0 Å². The van der Waals surface area contributed by atoms with Crippen LogP contribution in [0, 0.1) is 13.8 Å². The van der Waals surface area contributed by atoms with Gasteiger partial charge in [0.05, 0.1) is 17.0 Å². The van der Waals surface area contributed by atoms with Gasteiger partial charge in [-0.15, -0.1) is 0 Å². The van der Waals surface area contributed by atoms with Crippen LogP contribution in [0.25, 0.3) is 11.0 Å². The molecular weight excluding hydrogens is 240 g/mol. The second-order valence-corrected chi connectivity index (χ2v) is 4.68. The van der Waals surface area contributed by atoms with Gasteiger partial charge in [-0.05, 0) is 33.8 Å². The molecule has 0 atom stereocenters. The molecule has 2 rings (SSSR count). The molecule has 0 radical (unpaired) electrons. The van der Waals surface area contributed by atoms with E-state index in [-0.39, 0.29) is 5.91 Å². The first-order valence-electron chi connectivity index (χ1n) is 6.59. The third-order valence-electron chi connectivity index (χ3n) is 3.47. The third-order valence-corrected chi connectivity index (χ3v) is 3.47. The Kier molecular flexibility index (Phi) is 3.55. The molecule has 19 heavy (non-hydrogen) atoms. The molecule has 0 saturated heterocycles. The highest BCUT2D eigenvalue weighted by molar-refractivity contribution is 5.98. The molecule has 2 aromatic rings. The summed E-state index contributed by atoms with van der Waals surface area (Å²) in [6.07, 6.45) is 0. The molecule has 0 fully saturated rings. The van der Waals surface area contributed by atoms with Crippen molar-refractivity contribution in [2.45, 2.75) is 27.7 Å². The molecule has 5 heteroatoms. The molecule has 0 aliphatic carbocycles. The van der Waals surface area contributed by atoms with Gasteiger partial charge in [-0.25, -0.2) is 4.98 Å². The minimum Gasteiger partial charge on any atom is -0.339 e. The summed E-state index contributed by atoms with van der Waals surface area (Å²) in [6.45, 7) is 9.19. The largest absolute Gasteiger partial charge is 0.339 e. The standard InChI is InChI=1S/C14H20N4O/c1-6-18(7-2)14(19)12-8-11-10(4)16-17(5)13(11)15-9(12)3/h8H,6-7H2,1-5H3. The van der Waals surface area contributed by atoms with Crippen molar-refractivity contribution in [2.75, 3.05) is 13.1 Å². The summed E-state index contributed by atoms with van der Waals surface area (Å²) in [6, 6.07) is 1.92. The van der Waals surface area contributed by atoms with E-state index in [2.05, 4.69) is 10.1 Å². The van der Waals surface area contributed by atoms with E-state index < -0.39 is 0 Å². The van der Waals surface area contributed by atoms with Crippen molar-refractivity contribution in [3.8, 4) is 0 Å². The van der Waals surface area contributed by atoms with Crippen molar-refractivity contribution in [2.24, 2.45) is 7.05 Å². The van der Waals surface area contributed by atoms with E-state index in [1.54, 1.807) is 4.68 Å². The van der Waals surface area contributed by atoms with Crippen LogP contribution in [0.4, 0.5) is 0 Å². The lowest BCUT2D eigenvalue weighted by Gasteiger charge is -2.19. The Morgan fingerprint density at radius 1 is 1.26 bits per heavy atom. The number of hydrogen-bond donors (Lipinski definition) is 0. The molecule has 2 aromatic heterocycles. The van der Waals surface area contributed by atoms with E-state index in [4.69, 9.17) is 0 Å². The maximum Gasteiger partial charge on any atom is 0.255 e. The zero-order chi connectivity index (χ0) is 14.2. The molecular formula is C14H20N4O. The Morgan fingerprint density at radius 2 is 1.89 bits per heavy atom. The van der Waals surface area contributed by atoms with E-state index in [1.165, 1.54) is 0 Å². The van der Waals surface area contributed by atoms with Gasteiger partial charge in [0, 0.05) is 25.5 Å². The van der Waals surface area contributed by atoms with E-state index in [1.807, 2.05) is 45.7 Å². The number of pyridine rings is 1. The maximum atomic E-state index is 12.4. The number of fused-ring (bicyclic) bond motifs is 1. The Bertz CT molecular complexity index is 626. The van der Waals surface area contributed by atoms with Crippen LogP contribution in [0.5, 0.6) is 0 Å². The molecule has 0 bridgehead atoms. The summed E-state index contributed by atoms with van der Waals surface area (Å²) in [7, 11) is 1.87. The zero-order valence-electron chi connectivity index (χ0n) is 12.2. The summed E-state index contributed by atoms with van der Waals surface area (Å²) in [4.78, 5) is 18.8. The first-order chi connectivity index (χ1) is 8.99. The average Bonchev–Trinajstić information content (AvgIpc) is 2.65. The predicted molar refractivity (Wildman–Crippen MR) is 75.2 cm³/mol. The number of carbonyl (C=O) groups is 1. The smallest absolute Gasteiger partial charge is 0.255 e. The summed E-state index contributed by atoms with van der Waals surface area (Å²) in [5, 5.41) is 5.29. The van der Waals surface area contributed by atoms with Crippen molar-refractivity contribution >= 4 is 16.9 Å². The van der Waals surface area contributed by atoms with E-state index >= 15 is 0 Å². The number of carbonyl (C=O) groups excluding carboxylic acids is 1. The Hall–Kier alpha value is -1.91. The van der Waals surface area contributed by atoms with Crippen LogP contribution in [0.3, 0.4) is 0 Å². The minimum absolute atomic E-state index is 0.0418. The summed E-state index contributed by atoms with van der Waals surface area (Å²) in [5.41, 5.74) is 3.16. The van der Waals surface area contributed by atoms with Crippen molar-refractivity contribution in [1.82, 2.24) is 19.7 Å². The number of nitrogens with zero attached hydrogens (tertiary/aromatic N) is 4. The van der Waals surface area contributed by atoms with Crippen LogP contribution < -0.4 is 0 Å². The maximum absolute atomic E-state index is 12.4. The highest BCUT2D eigenvalue weighted by Gasteiger charge is 2.18. The molecule has 0 saturated carbocycles. The van der Waals surface area contributed by atoms with Crippen LogP contribution in [0.1, 0.15) is 35.6 Å². The van der Waals surface area contributed by atoms with Crippen LogP contribution in [-0.2, 0) is 7.05 Å². The number of hydrogen-bond acceptors (Lipinski definition) is 3. The first kappa shape index (κ1) is 13.5. The quantitative estimate of drug-likeness (QED) is 0.849. The van der Waals surface area contributed by atoms with Gasteiger partial charge in [0.2, 0.25) is 0 Å². The molecule has 0 spiro atoms. The fourth-order valence-corrected chi connectivity index (χ4v) is 2.33. The lowest BCUT2D eigenvalue weighted by atomic mass is 10.1. The number of amides is 1. The first-order valence-corrected chi connectivity index (χ1v) is 6.59. The zero-order valence-corrected chi connectivity index (χ0v) is 12.2. The highest BCUT2D eigenvalue weighted by Crippen LogP contribution is 2.20. The Balaban J connectivity index is 2.58. The lowest BCUT2D eigenvalue weighted by Crippen LogP contribution is -2.31. The van der Waals surface area contributed by atoms with Gasteiger partial charge in [0.1, 0.15) is 0 Å². The normalized spacial score (nSPS) is 11.0. The Labute approximate surface area is 113 Å². The highest BCUT2D eigenvalue weighted by atomic mass is 16.2. The van der Waals surface area contributed by atoms with Crippen molar-refractivity contribution in [3.05, 3.63) is 23.0 Å². The second-order valence-electron chi connectivity index (χ2n) is 4.68. The minimum atomic E-state index is 0.0418. The van der Waals surface area contributed by atoms with Gasteiger partial charge in [0.15, 0.2) is 5.65 Å². The van der Waals surface area contributed by atoms with Crippen LogP contribution >= 0.6 is 0 Å². The monoisotopic (exact) mass is 260 g/mol. The van der Waals surface area contributed by atoms with Gasteiger partial charge >= 0.3 is 0 Å². The molecule has 0 unspecified atom stereocenters. The molecule has 0 aliphatic rings. The second kappa shape index (κ2) is 4.99. The van der Waals surface area contributed by atoms with E-state index in [0.717, 1.165) is 22.4 Å². The molecule has 0 aliphatic heterocycles. The lowest BCUT2D eigenvalue weighted by molar-refractivity contribution is 0.0772. The molecule has 2 heterocycles. The summed E-state index contributed by atoms with van der Waals surface area (Å²) < 4.78 is 1.75. The van der Waals surface area contributed by atoms with E-state index in [0.29, 0.717) is 18.7 Å². The van der Waals surface area contributed by atoms with E-state index in [9.17, 15) is 4.79 Å². The predicted octanol–water partition coefficient (Wildman–Crippen LogP) is 2.07. The SMILES string of the molecule is CCN(CC)C(=O)c1cc2c(C)nn(C)c2nc1C. The van der Waals surface area contributed by atoms with Crippen LogP contribution in [0.2, 0.25) is 0 Å². The molecule has 0 N–H and O–H groups in total. The van der Waals surface area contributed by atoms with Gasteiger partial charge in [-0.2, -0.15) is 5.10 Å². The van der Waals surface area contributed by atoms with Crippen molar-refractivity contribution < 1.29 is 4.79 Å².